The maximum atomic E-state index is 10.7. The largest absolute Gasteiger partial charge is 0.337 e. The SMILES string of the molecule is CCC(=O)NC1(Cl)CC1. The highest BCUT2D eigenvalue weighted by Crippen LogP contribution is 2.39. The van der Waals surface area contributed by atoms with Crippen molar-refractivity contribution in [3.05, 3.63) is 0 Å². The van der Waals surface area contributed by atoms with Crippen LogP contribution in [0.5, 0.6) is 0 Å². The lowest BCUT2D eigenvalue weighted by Crippen LogP contribution is -2.31. The van der Waals surface area contributed by atoms with E-state index < -0.39 is 0 Å². The van der Waals surface area contributed by atoms with Gasteiger partial charge in [-0.1, -0.05) is 18.5 Å². The zero-order valence-electron chi connectivity index (χ0n) is 5.41. The van der Waals surface area contributed by atoms with Crippen LogP contribution in [0.15, 0.2) is 0 Å². The highest BCUT2D eigenvalue weighted by atomic mass is 35.5. The number of nitrogens with one attached hydrogen (secondary N) is 1. The smallest absolute Gasteiger partial charge is 0.221 e. The van der Waals surface area contributed by atoms with Gasteiger partial charge in [0.25, 0.3) is 0 Å². The first-order valence-corrected chi connectivity index (χ1v) is 3.54. The highest BCUT2D eigenvalue weighted by molar-refractivity contribution is 6.26. The van der Waals surface area contributed by atoms with Crippen molar-refractivity contribution < 1.29 is 4.79 Å². The van der Waals surface area contributed by atoms with Crippen molar-refractivity contribution in [3.63, 3.8) is 0 Å². The van der Waals surface area contributed by atoms with Crippen molar-refractivity contribution in [2.45, 2.75) is 31.2 Å². The van der Waals surface area contributed by atoms with Crippen LogP contribution in [0.25, 0.3) is 0 Å². The average Bonchev–Trinajstić information content (AvgIpc) is 2.48. The van der Waals surface area contributed by atoms with Gasteiger partial charge in [-0.25, -0.2) is 0 Å². The van der Waals surface area contributed by atoms with Gasteiger partial charge in [-0.05, 0) is 12.8 Å². The highest BCUT2D eigenvalue weighted by Gasteiger charge is 2.41. The molecule has 1 fully saturated rings. The fourth-order valence-electron chi connectivity index (χ4n) is 0.573. The van der Waals surface area contributed by atoms with Gasteiger partial charge in [0.1, 0.15) is 5.00 Å². The lowest BCUT2D eigenvalue weighted by molar-refractivity contribution is -0.121. The first-order valence-electron chi connectivity index (χ1n) is 3.16. The summed E-state index contributed by atoms with van der Waals surface area (Å²) in [5.41, 5.74) is 0. The Bertz CT molecular complexity index is 131. The van der Waals surface area contributed by atoms with Crippen LogP contribution in [-0.4, -0.2) is 10.9 Å². The summed E-state index contributed by atoms with van der Waals surface area (Å²) in [5, 5.41) is 2.71. The number of halogens is 1. The zero-order valence-corrected chi connectivity index (χ0v) is 6.16. The molecule has 0 atom stereocenters. The summed E-state index contributed by atoms with van der Waals surface area (Å²) in [6, 6.07) is 0. The summed E-state index contributed by atoms with van der Waals surface area (Å²) in [6.07, 6.45) is 2.36. The quantitative estimate of drug-likeness (QED) is 0.462. The van der Waals surface area contributed by atoms with E-state index in [9.17, 15) is 4.79 Å². The van der Waals surface area contributed by atoms with Crippen molar-refractivity contribution in [2.24, 2.45) is 0 Å². The average molecular weight is 148 g/mol. The minimum atomic E-state index is -0.354. The van der Waals surface area contributed by atoms with Gasteiger partial charge in [0, 0.05) is 6.42 Å². The second-order valence-electron chi connectivity index (χ2n) is 2.37. The first-order chi connectivity index (χ1) is 4.16. The van der Waals surface area contributed by atoms with Gasteiger partial charge in [-0.3, -0.25) is 4.79 Å². The maximum Gasteiger partial charge on any atom is 0.221 e. The number of hydrogen-bond acceptors (Lipinski definition) is 1. The molecule has 0 bridgehead atoms. The second kappa shape index (κ2) is 2.18. The molecule has 0 aromatic rings. The normalized spacial score (nSPS) is 21.1. The standard InChI is InChI=1S/C6H10ClNO/c1-2-5(9)8-6(7)3-4-6/h2-4H2,1H3,(H,8,9). The molecular formula is C6H10ClNO. The molecular weight excluding hydrogens is 138 g/mol. The first kappa shape index (κ1) is 6.87. The molecule has 52 valence electrons. The molecule has 0 radical (unpaired) electrons. The monoisotopic (exact) mass is 147 g/mol. The van der Waals surface area contributed by atoms with Crippen molar-refractivity contribution in [2.75, 3.05) is 0 Å². The number of rotatable bonds is 2. The van der Waals surface area contributed by atoms with Crippen LogP contribution in [-0.2, 0) is 4.79 Å². The predicted molar refractivity (Wildman–Crippen MR) is 36.3 cm³/mol. The number of hydrogen-bond donors (Lipinski definition) is 1. The molecule has 9 heavy (non-hydrogen) atoms. The van der Waals surface area contributed by atoms with Crippen molar-refractivity contribution in [1.29, 1.82) is 0 Å². The molecule has 0 unspecified atom stereocenters. The predicted octanol–water partition coefficient (Wildman–Crippen LogP) is 1.24. The number of carbonyl (C=O) groups excluding carboxylic acids is 1. The van der Waals surface area contributed by atoms with Crippen molar-refractivity contribution in [3.8, 4) is 0 Å². The van der Waals surface area contributed by atoms with E-state index in [1.165, 1.54) is 0 Å². The van der Waals surface area contributed by atoms with Crippen LogP contribution in [0.2, 0.25) is 0 Å². The van der Waals surface area contributed by atoms with E-state index in [1.807, 2.05) is 6.92 Å². The molecule has 1 aliphatic rings. The van der Waals surface area contributed by atoms with Gasteiger partial charge < -0.3 is 5.32 Å². The van der Waals surface area contributed by atoms with Gasteiger partial charge in [-0.15, -0.1) is 0 Å². The third-order valence-corrected chi connectivity index (χ3v) is 1.85. The molecule has 1 aliphatic carbocycles. The van der Waals surface area contributed by atoms with Crippen LogP contribution >= 0.6 is 11.6 Å². The van der Waals surface area contributed by atoms with Crippen molar-refractivity contribution >= 4 is 17.5 Å². The molecule has 0 saturated heterocycles. The third-order valence-electron chi connectivity index (χ3n) is 1.37. The van der Waals surface area contributed by atoms with Crippen LogP contribution in [0.3, 0.4) is 0 Å². The molecule has 1 rings (SSSR count). The molecule has 1 amide bonds. The van der Waals surface area contributed by atoms with E-state index in [2.05, 4.69) is 5.32 Å². The van der Waals surface area contributed by atoms with Crippen molar-refractivity contribution in [1.82, 2.24) is 5.32 Å². The molecule has 2 nitrogen and oxygen atoms in total. The van der Waals surface area contributed by atoms with Crippen LogP contribution < -0.4 is 5.32 Å². The Labute approximate surface area is 59.6 Å². The molecule has 3 heteroatoms. The topological polar surface area (TPSA) is 29.1 Å². The number of amides is 1. The summed E-state index contributed by atoms with van der Waals surface area (Å²) in [4.78, 5) is 10.3. The number of alkyl halides is 1. The fourth-order valence-corrected chi connectivity index (χ4v) is 0.773. The minimum absolute atomic E-state index is 0.0440. The Morgan fingerprint density at radius 3 is 2.67 bits per heavy atom. The summed E-state index contributed by atoms with van der Waals surface area (Å²) >= 11 is 5.79. The van der Waals surface area contributed by atoms with E-state index >= 15 is 0 Å². The van der Waals surface area contributed by atoms with Gasteiger partial charge in [-0.2, -0.15) is 0 Å². The Kier molecular flexibility index (Phi) is 1.66. The Hall–Kier alpha value is -0.240. The Balaban J connectivity index is 2.25. The molecule has 0 aromatic carbocycles. The lowest BCUT2D eigenvalue weighted by atomic mass is 10.4. The molecule has 0 aliphatic heterocycles. The summed E-state index contributed by atoms with van der Waals surface area (Å²) in [6.45, 7) is 1.82. The van der Waals surface area contributed by atoms with Gasteiger partial charge in [0.15, 0.2) is 0 Å². The third kappa shape index (κ3) is 1.86. The summed E-state index contributed by atoms with van der Waals surface area (Å²) < 4.78 is 0. The van der Waals surface area contributed by atoms with Gasteiger partial charge >= 0.3 is 0 Å². The van der Waals surface area contributed by atoms with Crippen LogP contribution in [0, 0.1) is 0 Å². The van der Waals surface area contributed by atoms with E-state index in [0.29, 0.717) is 6.42 Å². The number of carbonyl (C=O) groups is 1. The van der Waals surface area contributed by atoms with E-state index in [4.69, 9.17) is 11.6 Å². The van der Waals surface area contributed by atoms with Gasteiger partial charge in [0.2, 0.25) is 5.91 Å². The maximum absolute atomic E-state index is 10.7. The molecule has 0 spiro atoms. The van der Waals surface area contributed by atoms with Gasteiger partial charge in [0.05, 0.1) is 0 Å². The van der Waals surface area contributed by atoms with E-state index in [0.717, 1.165) is 12.8 Å². The van der Waals surface area contributed by atoms with E-state index in [1.54, 1.807) is 0 Å². The fraction of sp³-hybridized carbons (Fsp3) is 0.833. The summed E-state index contributed by atoms with van der Waals surface area (Å²) in [5.74, 6) is 0.0440. The zero-order chi connectivity index (χ0) is 6.91. The second-order valence-corrected chi connectivity index (χ2v) is 3.09. The lowest BCUT2D eigenvalue weighted by Gasteiger charge is -2.06. The summed E-state index contributed by atoms with van der Waals surface area (Å²) in [7, 11) is 0. The molecule has 0 heterocycles. The minimum Gasteiger partial charge on any atom is -0.337 e. The Morgan fingerprint density at radius 2 is 2.33 bits per heavy atom. The molecule has 0 aromatic heterocycles. The van der Waals surface area contributed by atoms with Crippen LogP contribution in [0.1, 0.15) is 26.2 Å². The Morgan fingerprint density at radius 1 is 1.78 bits per heavy atom. The molecule has 1 saturated carbocycles. The molecule has 1 N–H and O–H groups in total. The van der Waals surface area contributed by atoms with E-state index in [-0.39, 0.29) is 10.9 Å². The van der Waals surface area contributed by atoms with Crippen LogP contribution in [0.4, 0.5) is 0 Å².